The Kier molecular flexibility index (Phi) is 6.93. The van der Waals surface area contributed by atoms with Crippen molar-refractivity contribution in [2.24, 2.45) is 39.4 Å². The number of carboxylic acids is 1. The number of hydrogen-bond acceptors (Lipinski definition) is 3. The van der Waals surface area contributed by atoms with E-state index in [2.05, 4.69) is 53.7 Å². The fraction of sp³-hybridized carbons (Fsp3) is 0.750. The quantitative estimate of drug-likeness (QED) is 0.300. The van der Waals surface area contributed by atoms with E-state index in [1.165, 1.54) is 19.8 Å². The molecule has 4 rings (SSSR count). The van der Waals surface area contributed by atoms with Crippen molar-refractivity contribution in [3.8, 4) is 0 Å². The fourth-order valence-electron chi connectivity index (χ4n) is 9.19. The molecular formula is C32H48O4. The van der Waals surface area contributed by atoms with Crippen molar-refractivity contribution in [2.75, 3.05) is 0 Å². The number of esters is 1. The lowest BCUT2D eigenvalue weighted by molar-refractivity contribution is -0.165. The molecule has 4 nitrogen and oxygen atoms in total. The molecule has 36 heavy (non-hydrogen) atoms. The Morgan fingerprint density at radius 1 is 1.08 bits per heavy atom. The first-order valence-corrected chi connectivity index (χ1v) is 14.2. The predicted octanol–water partition coefficient (Wildman–Crippen LogP) is 7.89. The van der Waals surface area contributed by atoms with E-state index in [0.29, 0.717) is 23.3 Å². The van der Waals surface area contributed by atoms with Crippen LogP contribution in [-0.2, 0) is 14.3 Å². The molecule has 2 saturated carbocycles. The van der Waals surface area contributed by atoms with E-state index >= 15 is 0 Å². The van der Waals surface area contributed by atoms with Gasteiger partial charge in [0.2, 0.25) is 0 Å². The van der Waals surface area contributed by atoms with Gasteiger partial charge in [-0.05, 0) is 103 Å². The van der Waals surface area contributed by atoms with Crippen LogP contribution in [0.25, 0.3) is 0 Å². The zero-order valence-electron chi connectivity index (χ0n) is 23.9. The summed E-state index contributed by atoms with van der Waals surface area (Å²) in [5.74, 6) is 0.695. The number of carbonyl (C=O) groups excluding carboxylic acids is 1. The van der Waals surface area contributed by atoms with Gasteiger partial charge in [0, 0.05) is 17.9 Å². The summed E-state index contributed by atoms with van der Waals surface area (Å²) in [6, 6.07) is 0. The average molecular weight is 497 g/mol. The summed E-state index contributed by atoms with van der Waals surface area (Å²) in [4.78, 5) is 23.0. The Morgan fingerprint density at radius 2 is 1.78 bits per heavy atom. The maximum atomic E-state index is 11.8. The van der Waals surface area contributed by atoms with Gasteiger partial charge in [-0.25, -0.2) is 4.79 Å². The van der Waals surface area contributed by atoms with Crippen LogP contribution in [0.15, 0.2) is 34.9 Å². The van der Waals surface area contributed by atoms with Crippen LogP contribution >= 0.6 is 0 Å². The molecule has 0 saturated heterocycles. The molecule has 0 spiro atoms. The summed E-state index contributed by atoms with van der Waals surface area (Å²) in [6.07, 6.45) is 15.6. The largest absolute Gasteiger partial charge is 0.478 e. The summed E-state index contributed by atoms with van der Waals surface area (Å²) in [6.45, 7) is 17.8. The van der Waals surface area contributed by atoms with Crippen molar-refractivity contribution < 1.29 is 19.4 Å². The molecule has 0 amide bonds. The van der Waals surface area contributed by atoms with Gasteiger partial charge in [0.15, 0.2) is 0 Å². The summed E-state index contributed by atoms with van der Waals surface area (Å²) in [5, 5.41) is 9.18. The number of rotatable bonds is 6. The molecule has 7 atom stereocenters. The number of carbonyl (C=O) groups is 2. The molecule has 0 radical (unpaired) electrons. The standard InChI is InChI=1S/C32H48O4/c1-20(10-9-11-21(2)28(34)35)23-14-18-32(8)25-12-13-26-29(4,5)27(36-22(3)33)16-17-30(26,6)24(25)15-19-31(23,32)7/h11-12,15,20,23,26-27H,9-10,13-14,16-19H2,1-8H3,(H,34,35)/b21-11+/t20-,23-,26-,27-,30-,31-,32+/m1/s1. The van der Waals surface area contributed by atoms with Gasteiger partial charge in [-0.15, -0.1) is 0 Å². The lowest BCUT2D eigenvalue weighted by Crippen LogP contribution is -2.55. The van der Waals surface area contributed by atoms with Gasteiger partial charge < -0.3 is 9.84 Å². The van der Waals surface area contributed by atoms with Crippen molar-refractivity contribution in [3.05, 3.63) is 34.9 Å². The third-order valence-corrected chi connectivity index (χ3v) is 11.6. The monoisotopic (exact) mass is 496 g/mol. The van der Waals surface area contributed by atoms with Crippen molar-refractivity contribution >= 4 is 11.9 Å². The zero-order chi connectivity index (χ0) is 26.7. The average Bonchev–Trinajstić information content (AvgIpc) is 3.07. The van der Waals surface area contributed by atoms with Gasteiger partial charge in [-0.2, -0.15) is 0 Å². The van der Waals surface area contributed by atoms with Gasteiger partial charge in [0.05, 0.1) is 0 Å². The Balaban J connectivity index is 1.60. The normalized spacial score (nSPS) is 40.2. The molecule has 4 aliphatic rings. The van der Waals surface area contributed by atoms with Gasteiger partial charge in [0.25, 0.3) is 0 Å². The minimum atomic E-state index is -0.811. The lowest BCUT2D eigenvalue weighted by atomic mass is 9.44. The molecule has 0 unspecified atom stereocenters. The molecule has 4 heteroatoms. The molecule has 0 aromatic heterocycles. The predicted molar refractivity (Wildman–Crippen MR) is 144 cm³/mol. The van der Waals surface area contributed by atoms with Crippen LogP contribution in [0, 0.1) is 39.4 Å². The highest BCUT2D eigenvalue weighted by Crippen LogP contribution is 2.71. The Hall–Kier alpha value is -1.84. The van der Waals surface area contributed by atoms with Crippen LogP contribution < -0.4 is 0 Å². The highest BCUT2D eigenvalue weighted by molar-refractivity contribution is 5.85. The van der Waals surface area contributed by atoms with E-state index in [4.69, 9.17) is 4.74 Å². The first-order valence-electron chi connectivity index (χ1n) is 14.2. The van der Waals surface area contributed by atoms with Gasteiger partial charge in [-0.1, -0.05) is 59.8 Å². The highest BCUT2D eigenvalue weighted by atomic mass is 16.5. The lowest BCUT2D eigenvalue weighted by Gasteiger charge is -2.61. The third-order valence-electron chi connectivity index (χ3n) is 11.6. The molecule has 0 bridgehead atoms. The minimum absolute atomic E-state index is 0.0106. The Bertz CT molecular complexity index is 1020. The maximum absolute atomic E-state index is 11.8. The number of carboxylic acid groups (broad SMARTS) is 1. The molecule has 0 aliphatic heterocycles. The molecule has 4 aliphatic carbocycles. The van der Waals surface area contributed by atoms with Crippen molar-refractivity contribution in [1.82, 2.24) is 0 Å². The van der Waals surface area contributed by atoms with E-state index in [9.17, 15) is 14.7 Å². The molecule has 200 valence electrons. The van der Waals surface area contributed by atoms with Crippen LogP contribution in [0.3, 0.4) is 0 Å². The van der Waals surface area contributed by atoms with Gasteiger partial charge >= 0.3 is 11.9 Å². The smallest absolute Gasteiger partial charge is 0.330 e. The molecule has 1 N–H and O–H groups in total. The van der Waals surface area contributed by atoms with E-state index in [1.54, 1.807) is 18.1 Å². The fourth-order valence-corrected chi connectivity index (χ4v) is 9.19. The van der Waals surface area contributed by atoms with E-state index in [-0.39, 0.29) is 33.7 Å². The van der Waals surface area contributed by atoms with Crippen LogP contribution in [0.4, 0.5) is 0 Å². The minimum Gasteiger partial charge on any atom is -0.478 e. The van der Waals surface area contributed by atoms with Crippen molar-refractivity contribution in [3.63, 3.8) is 0 Å². The number of fused-ring (bicyclic) bond motifs is 5. The van der Waals surface area contributed by atoms with Gasteiger partial charge in [-0.3, -0.25) is 4.79 Å². The summed E-state index contributed by atoms with van der Waals surface area (Å²) in [5.41, 5.74) is 4.11. The Morgan fingerprint density at radius 3 is 2.42 bits per heavy atom. The zero-order valence-corrected chi connectivity index (χ0v) is 23.9. The second kappa shape index (κ2) is 9.17. The third kappa shape index (κ3) is 4.02. The van der Waals surface area contributed by atoms with Crippen LogP contribution in [0.2, 0.25) is 0 Å². The highest BCUT2D eigenvalue weighted by Gasteiger charge is 2.63. The Labute approximate surface area is 218 Å². The summed E-state index contributed by atoms with van der Waals surface area (Å²) in [7, 11) is 0. The van der Waals surface area contributed by atoms with Gasteiger partial charge in [0.1, 0.15) is 6.10 Å². The molecule has 0 heterocycles. The maximum Gasteiger partial charge on any atom is 0.330 e. The number of hydrogen-bond donors (Lipinski definition) is 1. The second-order valence-electron chi connectivity index (χ2n) is 13.7. The van der Waals surface area contributed by atoms with Crippen molar-refractivity contribution in [2.45, 2.75) is 113 Å². The topological polar surface area (TPSA) is 63.6 Å². The SMILES string of the molecule is CC(=O)O[C@@H]1CC[C@]2(C)C3=CC[C@]4(C)[C@@H]([C@H](C)CC/C=C(\C)C(=O)O)CC[C@@]4(C)C3=CC[C@@H]2C1(C)C. The summed E-state index contributed by atoms with van der Waals surface area (Å²) >= 11 is 0. The summed E-state index contributed by atoms with van der Waals surface area (Å²) < 4.78 is 5.83. The molecule has 0 aromatic rings. The van der Waals surface area contributed by atoms with E-state index < -0.39 is 5.97 Å². The first-order chi connectivity index (χ1) is 16.7. The first kappa shape index (κ1) is 27.2. The van der Waals surface area contributed by atoms with Crippen LogP contribution in [-0.4, -0.2) is 23.1 Å². The number of allylic oxidation sites excluding steroid dienone is 5. The number of aliphatic carboxylic acids is 1. The molecular weight excluding hydrogens is 448 g/mol. The van der Waals surface area contributed by atoms with Crippen LogP contribution in [0.1, 0.15) is 107 Å². The molecule has 0 aromatic carbocycles. The van der Waals surface area contributed by atoms with E-state index in [1.807, 2.05) is 6.08 Å². The number of ether oxygens (including phenoxy) is 1. The van der Waals surface area contributed by atoms with Crippen molar-refractivity contribution in [1.29, 1.82) is 0 Å². The van der Waals surface area contributed by atoms with Crippen LogP contribution in [0.5, 0.6) is 0 Å². The van der Waals surface area contributed by atoms with E-state index in [0.717, 1.165) is 38.5 Å². The second-order valence-corrected chi connectivity index (χ2v) is 13.7. The molecule has 2 fully saturated rings.